The molecule has 2 rings (SSSR count). The van der Waals surface area contributed by atoms with Crippen molar-refractivity contribution < 1.29 is 14.3 Å². The molecule has 0 aliphatic heterocycles. The molecule has 2 heterocycles. The monoisotopic (exact) mass is 310 g/mol. The Balaban J connectivity index is 2.28. The van der Waals surface area contributed by atoms with Crippen molar-refractivity contribution >= 4 is 39.6 Å². The fourth-order valence-electron chi connectivity index (χ4n) is 1.67. The summed E-state index contributed by atoms with van der Waals surface area (Å²) in [5.41, 5.74) is 1.26. The first-order valence-electron chi connectivity index (χ1n) is 5.85. The molecular weight excluding hydrogens is 296 g/mol. The number of Topliss-reactive ketones (excluding diaryl/α,β-unsaturated/α-hetero) is 1. The lowest BCUT2D eigenvalue weighted by atomic mass is 10.3. The second-order valence-electron chi connectivity index (χ2n) is 4.21. The van der Waals surface area contributed by atoms with Crippen LogP contribution in [0.15, 0.2) is 16.8 Å². The van der Waals surface area contributed by atoms with Crippen LogP contribution in [0.4, 0.5) is 5.13 Å². The second kappa shape index (κ2) is 6.15. The summed E-state index contributed by atoms with van der Waals surface area (Å²) in [6, 6.07) is 2.03. The van der Waals surface area contributed by atoms with Gasteiger partial charge in [0.15, 0.2) is 16.6 Å². The van der Waals surface area contributed by atoms with Crippen molar-refractivity contribution in [2.45, 2.75) is 13.5 Å². The third-order valence-electron chi connectivity index (χ3n) is 2.64. The lowest BCUT2D eigenvalue weighted by Crippen LogP contribution is -2.16. The van der Waals surface area contributed by atoms with Gasteiger partial charge in [-0.1, -0.05) is 11.3 Å². The molecule has 0 unspecified atom stereocenters. The van der Waals surface area contributed by atoms with Crippen LogP contribution in [0, 0.1) is 0 Å². The molecule has 0 amide bonds. The second-order valence-corrected chi connectivity index (χ2v) is 5.97. The molecule has 0 saturated carbocycles. The molecule has 0 N–H and O–H groups in total. The smallest absolute Gasteiger partial charge is 0.358 e. The van der Waals surface area contributed by atoms with Gasteiger partial charge in [-0.3, -0.25) is 4.79 Å². The van der Waals surface area contributed by atoms with Crippen LogP contribution in [0.1, 0.15) is 32.6 Å². The number of rotatable bonds is 5. The Hall–Kier alpha value is -1.73. The summed E-state index contributed by atoms with van der Waals surface area (Å²) >= 11 is 2.84. The third kappa shape index (κ3) is 3.05. The fraction of sp³-hybridized carbons (Fsp3) is 0.308. The Labute approximate surface area is 124 Å². The average Bonchev–Trinajstić information content (AvgIpc) is 3.06. The summed E-state index contributed by atoms with van der Waals surface area (Å²) in [5, 5.41) is 4.69. The maximum atomic E-state index is 11.6. The third-order valence-corrected chi connectivity index (χ3v) is 4.64. The van der Waals surface area contributed by atoms with Crippen molar-refractivity contribution in [1.29, 1.82) is 0 Å². The first kappa shape index (κ1) is 14.7. The molecule has 0 radical (unpaired) electrons. The van der Waals surface area contributed by atoms with Crippen LogP contribution >= 0.6 is 22.7 Å². The highest BCUT2D eigenvalue weighted by Gasteiger charge is 2.23. The van der Waals surface area contributed by atoms with E-state index >= 15 is 0 Å². The number of carbonyl (C=O) groups excluding carboxylic acids is 2. The Morgan fingerprint density at radius 3 is 2.75 bits per heavy atom. The van der Waals surface area contributed by atoms with Crippen molar-refractivity contribution in [2.75, 3.05) is 19.1 Å². The maximum Gasteiger partial charge on any atom is 0.358 e. The zero-order chi connectivity index (χ0) is 14.7. The molecule has 20 heavy (non-hydrogen) atoms. The van der Waals surface area contributed by atoms with Gasteiger partial charge in [0.1, 0.15) is 4.88 Å². The van der Waals surface area contributed by atoms with E-state index in [1.807, 2.05) is 23.4 Å². The van der Waals surface area contributed by atoms with Crippen molar-refractivity contribution in [2.24, 2.45) is 0 Å². The van der Waals surface area contributed by atoms with Crippen molar-refractivity contribution in [3.8, 4) is 0 Å². The van der Waals surface area contributed by atoms with Crippen molar-refractivity contribution in [1.82, 2.24) is 4.98 Å². The Morgan fingerprint density at radius 2 is 2.20 bits per heavy atom. The minimum Gasteiger partial charge on any atom is -0.464 e. The van der Waals surface area contributed by atoms with Crippen LogP contribution in [0.5, 0.6) is 0 Å². The highest BCUT2D eigenvalue weighted by molar-refractivity contribution is 7.17. The number of hydrogen-bond donors (Lipinski definition) is 0. The van der Waals surface area contributed by atoms with Gasteiger partial charge in [0.2, 0.25) is 0 Å². The molecule has 2 aromatic rings. The summed E-state index contributed by atoms with van der Waals surface area (Å²) in [4.78, 5) is 29.7. The number of nitrogens with zero attached hydrogens (tertiary/aromatic N) is 2. The van der Waals surface area contributed by atoms with Gasteiger partial charge in [-0.25, -0.2) is 9.78 Å². The molecule has 5 nitrogen and oxygen atoms in total. The molecule has 7 heteroatoms. The number of thiophene rings is 1. The van der Waals surface area contributed by atoms with E-state index in [1.54, 1.807) is 11.3 Å². The number of hydrogen-bond acceptors (Lipinski definition) is 7. The molecule has 0 aliphatic carbocycles. The summed E-state index contributed by atoms with van der Waals surface area (Å²) in [6.45, 7) is 2.09. The normalized spacial score (nSPS) is 10.3. The number of aromatic nitrogens is 1. The zero-order valence-corrected chi connectivity index (χ0v) is 13.0. The molecule has 0 spiro atoms. The Kier molecular flexibility index (Phi) is 4.51. The lowest BCUT2D eigenvalue weighted by Gasteiger charge is -2.14. The average molecular weight is 310 g/mol. The molecule has 2 aromatic heterocycles. The zero-order valence-electron chi connectivity index (χ0n) is 11.4. The SMILES string of the molecule is COC(=O)c1nc(N(C)Cc2ccsc2)sc1C(C)=O. The fourth-order valence-corrected chi connectivity index (χ4v) is 3.24. The van der Waals surface area contributed by atoms with Gasteiger partial charge in [-0.2, -0.15) is 11.3 Å². The van der Waals surface area contributed by atoms with Gasteiger partial charge >= 0.3 is 5.97 Å². The standard InChI is InChI=1S/C13H14N2O3S2/c1-8(16)11-10(12(17)18-3)14-13(20-11)15(2)6-9-4-5-19-7-9/h4-5,7H,6H2,1-3H3. The highest BCUT2D eigenvalue weighted by Crippen LogP contribution is 2.28. The van der Waals surface area contributed by atoms with Gasteiger partial charge in [0, 0.05) is 20.5 Å². The minimum atomic E-state index is -0.582. The van der Waals surface area contributed by atoms with Crippen LogP contribution in [-0.4, -0.2) is 30.9 Å². The first-order chi connectivity index (χ1) is 9.52. The molecule has 106 valence electrons. The van der Waals surface area contributed by atoms with E-state index in [-0.39, 0.29) is 11.5 Å². The predicted molar refractivity (Wildman–Crippen MR) is 79.9 cm³/mol. The van der Waals surface area contributed by atoms with Crippen molar-refractivity contribution in [3.05, 3.63) is 33.0 Å². The van der Waals surface area contributed by atoms with Crippen LogP contribution in [0.2, 0.25) is 0 Å². The Morgan fingerprint density at radius 1 is 1.45 bits per heavy atom. The van der Waals surface area contributed by atoms with E-state index in [1.165, 1.54) is 25.4 Å². The molecule has 0 aliphatic rings. The highest BCUT2D eigenvalue weighted by atomic mass is 32.1. The molecular formula is C13H14N2O3S2. The number of ketones is 1. The summed E-state index contributed by atoms with van der Waals surface area (Å²) in [6.07, 6.45) is 0. The van der Waals surface area contributed by atoms with E-state index < -0.39 is 5.97 Å². The molecule has 0 bridgehead atoms. The van der Waals surface area contributed by atoms with E-state index in [9.17, 15) is 9.59 Å². The largest absolute Gasteiger partial charge is 0.464 e. The summed E-state index contributed by atoms with van der Waals surface area (Å²) in [5.74, 6) is -0.764. The number of esters is 1. The summed E-state index contributed by atoms with van der Waals surface area (Å²) in [7, 11) is 3.15. The molecule has 0 saturated heterocycles. The van der Waals surface area contributed by atoms with Gasteiger partial charge in [0.25, 0.3) is 0 Å². The Bertz CT molecular complexity index is 620. The first-order valence-corrected chi connectivity index (χ1v) is 7.61. The van der Waals surface area contributed by atoms with Gasteiger partial charge < -0.3 is 9.64 Å². The van der Waals surface area contributed by atoms with Gasteiger partial charge in [-0.15, -0.1) is 0 Å². The number of ether oxygens (including phenoxy) is 1. The topological polar surface area (TPSA) is 59.5 Å². The molecule has 0 aromatic carbocycles. The van der Waals surface area contributed by atoms with Crippen molar-refractivity contribution in [3.63, 3.8) is 0 Å². The maximum absolute atomic E-state index is 11.6. The van der Waals surface area contributed by atoms with Crippen LogP contribution in [-0.2, 0) is 11.3 Å². The number of methoxy groups -OCH3 is 1. The van der Waals surface area contributed by atoms with Gasteiger partial charge in [-0.05, 0) is 22.4 Å². The van der Waals surface area contributed by atoms with Crippen LogP contribution < -0.4 is 4.90 Å². The number of thiazole rings is 1. The molecule has 0 atom stereocenters. The van der Waals surface area contributed by atoms with Crippen LogP contribution in [0.25, 0.3) is 0 Å². The molecule has 0 fully saturated rings. The van der Waals surface area contributed by atoms with E-state index in [0.29, 0.717) is 16.6 Å². The van der Waals surface area contributed by atoms with E-state index in [4.69, 9.17) is 0 Å². The predicted octanol–water partition coefficient (Wildman–Crippen LogP) is 2.83. The number of carbonyl (C=O) groups is 2. The van der Waals surface area contributed by atoms with Gasteiger partial charge in [0.05, 0.1) is 7.11 Å². The van der Waals surface area contributed by atoms with E-state index in [0.717, 1.165) is 5.56 Å². The lowest BCUT2D eigenvalue weighted by molar-refractivity contribution is 0.0591. The summed E-state index contributed by atoms with van der Waals surface area (Å²) < 4.78 is 4.66. The van der Waals surface area contributed by atoms with Crippen LogP contribution in [0.3, 0.4) is 0 Å². The van der Waals surface area contributed by atoms with E-state index in [2.05, 4.69) is 15.1 Å². The minimum absolute atomic E-state index is 0.0946. The quantitative estimate of drug-likeness (QED) is 0.628. The number of anilines is 1.